The monoisotopic (exact) mass is 356 g/mol. The first-order chi connectivity index (χ1) is 10.2. The molecule has 5 heteroatoms. The van der Waals surface area contributed by atoms with Crippen molar-refractivity contribution in [2.75, 3.05) is 18.5 Å². The molecule has 4 nitrogen and oxygen atoms in total. The molecule has 0 aromatic heterocycles. The van der Waals surface area contributed by atoms with Crippen molar-refractivity contribution in [3.8, 4) is 0 Å². The quantitative estimate of drug-likeness (QED) is 0.834. The molecule has 0 spiro atoms. The number of halogens is 1. The second kappa shape index (κ2) is 8.93. The predicted octanol–water partition coefficient (Wildman–Crippen LogP) is 4.51. The minimum Gasteiger partial charge on any atom is -0.450 e. The summed E-state index contributed by atoms with van der Waals surface area (Å²) in [6.45, 7) is 8.94. The zero-order valence-electron chi connectivity index (χ0n) is 13.2. The number of hydrogen-bond acceptors (Lipinski definition) is 3. The maximum Gasteiger partial charge on any atom is 0.407 e. The van der Waals surface area contributed by atoms with Gasteiger partial charge in [-0.15, -0.1) is 0 Å². The van der Waals surface area contributed by atoms with Crippen LogP contribution in [0.5, 0.6) is 0 Å². The Morgan fingerprint density at radius 2 is 2.10 bits per heavy atom. The molecule has 2 rings (SSSR count). The molecule has 0 saturated carbocycles. The Morgan fingerprint density at radius 1 is 1.38 bits per heavy atom. The van der Waals surface area contributed by atoms with E-state index in [-0.39, 0.29) is 12.0 Å². The van der Waals surface area contributed by atoms with Crippen molar-refractivity contribution in [1.29, 1.82) is 0 Å². The largest absolute Gasteiger partial charge is 0.450 e. The van der Waals surface area contributed by atoms with Crippen molar-refractivity contribution in [3.05, 3.63) is 28.2 Å². The zero-order chi connectivity index (χ0) is 15.8. The Balaban J connectivity index is 0.00000106. The van der Waals surface area contributed by atoms with Crippen LogP contribution in [-0.2, 0) is 4.74 Å². The Morgan fingerprint density at radius 3 is 2.71 bits per heavy atom. The van der Waals surface area contributed by atoms with Crippen molar-refractivity contribution in [2.24, 2.45) is 0 Å². The zero-order valence-corrected chi connectivity index (χ0v) is 14.8. The van der Waals surface area contributed by atoms with Crippen LogP contribution in [0.25, 0.3) is 0 Å². The van der Waals surface area contributed by atoms with Gasteiger partial charge in [0.2, 0.25) is 0 Å². The molecule has 0 saturated heterocycles. The number of para-hydroxylation sites is 1. The van der Waals surface area contributed by atoms with Gasteiger partial charge in [0.15, 0.2) is 0 Å². The molecule has 2 atom stereocenters. The van der Waals surface area contributed by atoms with Gasteiger partial charge in [-0.3, -0.25) is 0 Å². The van der Waals surface area contributed by atoms with Crippen LogP contribution in [0.4, 0.5) is 10.5 Å². The fraction of sp³-hybridized carbons (Fsp3) is 0.562. The molecule has 0 radical (unpaired) electrons. The highest BCUT2D eigenvalue weighted by Gasteiger charge is 2.32. The summed E-state index contributed by atoms with van der Waals surface area (Å²) in [5.41, 5.74) is 2.39. The van der Waals surface area contributed by atoms with Crippen LogP contribution in [0.1, 0.15) is 45.6 Å². The molecular weight excluding hydrogens is 332 g/mol. The molecule has 0 fully saturated rings. The van der Waals surface area contributed by atoms with Crippen LogP contribution in [0.15, 0.2) is 22.7 Å². The van der Waals surface area contributed by atoms with Gasteiger partial charge in [0.1, 0.15) is 0 Å². The fourth-order valence-corrected chi connectivity index (χ4v) is 3.02. The van der Waals surface area contributed by atoms with E-state index in [1.807, 2.05) is 26.0 Å². The second-order valence-corrected chi connectivity index (χ2v) is 5.43. The molecule has 1 aliphatic heterocycles. The number of rotatable bonds is 4. The Bertz CT molecular complexity index is 466. The van der Waals surface area contributed by atoms with Crippen LogP contribution in [0, 0.1) is 0 Å². The molecule has 1 aromatic carbocycles. The summed E-state index contributed by atoms with van der Waals surface area (Å²) in [7, 11) is 0. The smallest absolute Gasteiger partial charge is 0.407 e. The van der Waals surface area contributed by atoms with Gasteiger partial charge in [0.05, 0.1) is 12.3 Å². The summed E-state index contributed by atoms with van der Waals surface area (Å²) >= 11 is 3.56. The minimum atomic E-state index is -0.346. The molecule has 0 bridgehead atoms. The van der Waals surface area contributed by atoms with Crippen LogP contribution in [-0.4, -0.2) is 25.3 Å². The highest BCUT2D eigenvalue weighted by atomic mass is 79.9. The maximum atomic E-state index is 11.4. The van der Waals surface area contributed by atoms with E-state index >= 15 is 0 Å². The van der Waals surface area contributed by atoms with Gasteiger partial charge in [-0.1, -0.05) is 32.9 Å². The van der Waals surface area contributed by atoms with E-state index in [9.17, 15) is 4.79 Å². The lowest BCUT2D eigenvalue weighted by Gasteiger charge is -2.19. The van der Waals surface area contributed by atoms with Gasteiger partial charge in [-0.2, -0.15) is 0 Å². The van der Waals surface area contributed by atoms with Gasteiger partial charge >= 0.3 is 6.09 Å². The average molecular weight is 357 g/mol. The molecule has 1 aliphatic rings. The third kappa shape index (κ3) is 4.37. The van der Waals surface area contributed by atoms with Gasteiger partial charge in [-0.25, -0.2) is 4.79 Å². The third-order valence-electron chi connectivity index (χ3n) is 3.44. The Kier molecular flexibility index (Phi) is 7.57. The molecule has 2 N–H and O–H groups in total. The first-order valence-electron chi connectivity index (χ1n) is 7.62. The Labute approximate surface area is 135 Å². The summed E-state index contributed by atoms with van der Waals surface area (Å²) in [6.07, 6.45) is 0.664. The number of carbonyl (C=O) groups excluding carboxylic acids is 1. The molecule has 0 unspecified atom stereocenters. The van der Waals surface area contributed by atoms with E-state index < -0.39 is 0 Å². The average Bonchev–Trinajstić information content (AvgIpc) is 2.87. The number of hydrogen-bond donors (Lipinski definition) is 2. The van der Waals surface area contributed by atoms with Gasteiger partial charge in [0.25, 0.3) is 0 Å². The molecule has 21 heavy (non-hydrogen) atoms. The van der Waals surface area contributed by atoms with Gasteiger partial charge in [-0.05, 0) is 40.9 Å². The minimum absolute atomic E-state index is 0.280. The lowest BCUT2D eigenvalue weighted by atomic mass is 9.93. The predicted molar refractivity (Wildman–Crippen MR) is 91.0 cm³/mol. The number of alkyl carbamates (subject to hydrolysis) is 1. The molecule has 118 valence electrons. The molecule has 1 heterocycles. The lowest BCUT2D eigenvalue weighted by Crippen LogP contribution is -2.33. The van der Waals surface area contributed by atoms with Gasteiger partial charge in [0, 0.05) is 23.0 Å². The van der Waals surface area contributed by atoms with E-state index in [1.54, 1.807) is 6.92 Å². The lowest BCUT2D eigenvalue weighted by molar-refractivity contribution is 0.151. The van der Waals surface area contributed by atoms with E-state index in [4.69, 9.17) is 4.74 Å². The normalized spacial score (nSPS) is 18.9. The van der Waals surface area contributed by atoms with Crippen LogP contribution < -0.4 is 10.6 Å². The second-order valence-electron chi connectivity index (χ2n) is 4.57. The number of carbonyl (C=O) groups is 1. The molecular formula is C16H25BrN2O2. The number of nitrogens with one attached hydrogen (secondary N) is 2. The molecule has 1 amide bonds. The van der Waals surface area contributed by atoms with Crippen molar-refractivity contribution in [3.63, 3.8) is 0 Å². The van der Waals surface area contributed by atoms with Crippen molar-refractivity contribution in [2.45, 2.75) is 46.1 Å². The summed E-state index contributed by atoms with van der Waals surface area (Å²) < 4.78 is 5.97. The van der Waals surface area contributed by atoms with Crippen LogP contribution in [0.2, 0.25) is 0 Å². The number of benzene rings is 1. The van der Waals surface area contributed by atoms with Crippen LogP contribution >= 0.6 is 15.9 Å². The topological polar surface area (TPSA) is 50.4 Å². The highest BCUT2D eigenvalue weighted by Crippen LogP contribution is 2.41. The summed E-state index contributed by atoms with van der Waals surface area (Å²) in [5, 5.41) is 6.35. The van der Waals surface area contributed by atoms with Crippen molar-refractivity contribution < 1.29 is 9.53 Å². The summed E-state index contributed by atoms with van der Waals surface area (Å²) in [6, 6.07) is 6.51. The standard InChI is InChI=1S/C14H19BrN2O2.C2H6/c1-3-12-10(8-16-14(18)19-4-2)9-6-5-7-11(15)13(9)17-12;1-2/h5-7,10,12,17H,3-4,8H2,1-2H3,(H,16,18);1-2H3/t10-,12-;/m0./s1. The number of amides is 1. The summed E-state index contributed by atoms with van der Waals surface area (Å²) in [5.74, 6) is 0.280. The van der Waals surface area contributed by atoms with Crippen LogP contribution in [0.3, 0.4) is 0 Å². The van der Waals surface area contributed by atoms with E-state index in [0.717, 1.165) is 16.6 Å². The Hall–Kier alpha value is -1.23. The maximum absolute atomic E-state index is 11.4. The van der Waals surface area contributed by atoms with Gasteiger partial charge < -0.3 is 15.4 Å². The highest BCUT2D eigenvalue weighted by molar-refractivity contribution is 9.10. The van der Waals surface area contributed by atoms with E-state index in [1.165, 1.54) is 5.56 Å². The number of ether oxygens (including phenoxy) is 1. The molecule has 1 aromatic rings. The van der Waals surface area contributed by atoms with E-state index in [0.29, 0.717) is 19.2 Å². The first kappa shape index (κ1) is 17.8. The van der Waals surface area contributed by atoms with Crippen molar-refractivity contribution >= 4 is 27.7 Å². The SMILES string of the molecule is CC.CCOC(=O)NC[C@H]1c2cccc(Br)c2N[C@H]1CC. The third-order valence-corrected chi connectivity index (χ3v) is 4.10. The molecule has 0 aliphatic carbocycles. The summed E-state index contributed by atoms with van der Waals surface area (Å²) in [4.78, 5) is 11.4. The number of anilines is 1. The number of fused-ring (bicyclic) bond motifs is 1. The first-order valence-corrected chi connectivity index (χ1v) is 8.42. The fourth-order valence-electron chi connectivity index (χ4n) is 2.52. The van der Waals surface area contributed by atoms with Crippen molar-refractivity contribution in [1.82, 2.24) is 5.32 Å². The van der Waals surface area contributed by atoms with E-state index in [2.05, 4.69) is 39.6 Å².